The van der Waals surface area contributed by atoms with E-state index in [-0.39, 0.29) is 5.75 Å². The minimum atomic E-state index is -3.50. The van der Waals surface area contributed by atoms with Gasteiger partial charge < -0.3 is 10.1 Å². The Morgan fingerprint density at radius 2 is 1.85 bits per heavy atom. The Morgan fingerprint density at radius 1 is 1.11 bits per heavy atom. The summed E-state index contributed by atoms with van der Waals surface area (Å²) in [5, 5.41) is 2.66. The molecular weight excluding hydrogens is 430 g/mol. The molecule has 1 amide bonds. The third kappa shape index (κ3) is 8.58. The van der Waals surface area contributed by atoms with Crippen LogP contribution < -0.4 is 10.1 Å². The maximum absolute atomic E-state index is 12.1. The number of sulfone groups is 1. The van der Waals surface area contributed by atoms with Crippen molar-refractivity contribution >= 4 is 31.7 Å². The first kappa shape index (κ1) is 21.4. The number of hydrogen-bond donors (Lipinski definition) is 1. The van der Waals surface area contributed by atoms with Crippen LogP contribution in [-0.2, 0) is 20.4 Å². The molecule has 7 heteroatoms. The smallest absolute Gasteiger partial charge is 0.235 e. The molecule has 27 heavy (non-hydrogen) atoms. The highest BCUT2D eigenvalue weighted by Crippen LogP contribution is 2.14. The van der Waals surface area contributed by atoms with Gasteiger partial charge in [-0.15, -0.1) is 0 Å². The zero-order valence-corrected chi connectivity index (χ0v) is 17.7. The number of carbonyl (C=O) groups excluding carboxylic acids is 1. The minimum absolute atomic E-state index is 0.149. The first-order chi connectivity index (χ1) is 12.8. The lowest BCUT2D eigenvalue weighted by molar-refractivity contribution is -0.118. The van der Waals surface area contributed by atoms with E-state index in [1.54, 1.807) is 18.2 Å². The Balaban J connectivity index is 1.63. The molecule has 5 nitrogen and oxygen atoms in total. The molecule has 2 rings (SSSR count). The third-order valence-corrected chi connectivity index (χ3v) is 5.78. The van der Waals surface area contributed by atoms with Crippen molar-refractivity contribution in [3.63, 3.8) is 0 Å². The number of halogens is 1. The van der Waals surface area contributed by atoms with E-state index in [1.807, 2.05) is 37.3 Å². The van der Waals surface area contributed by atoms with Gasteiger partial charge in [0.15, 0.2) is 9.84 Å². The Morgan fingerprint density at radius 3 is 2.56 bits per heavy atom. The van der Waals surface area contributed by atoms with Crippen molar-refractivity contribution in [2.45, 2.75) is 25.5 Å². The summed E-state index contributed by atoms with van der Waals surface area (Å²) in [5.74, 6) is -0.295. The van der Waals surface area contributed by atoms with Gasteiger partial charge >= 0.3 is 0 Å². The monoisotopic (exact) mass is 453 g/mol. The number of unbranched alkanes of at least 4 members (excludes halogenated alkanes) is 1. The normalized spacial score (nSPS) is 11.2. The fourth-order valence-corrected chi connectivity index (χ4v) is 4.20. The van der Waals surface area contributed by atoms with Crippen molar-refractivity contribution in [1.29, 1.82) is 0 Å². The van der Waals surface area contributed by atoms with Crippen molar-refractivity contribution in [2.75, 3.05) is 18.9 Å². The average molecular weight is 454 g/mol. The van der Waals surface area contributed by atoms with E-state index in [2.05, 4.69) is 21.2 Å². The summed E-state index contributed by atoms with van der Waals surface area (Å²) in [5.41, 5.74) is 1.84. The SMILES string of the molecule is Cc1ccc(OCCCCNC(=O)CS(=O)(=O)Cc2cccc(Br)c2)cc1. The van der Waals surface area contributed by atoms with E-state index in [0.29, 0.717) is 18.7 Å². The van der Waals surface area contributed by atoms with Gasteiger partial charge in [-0.3, -0.25) is 4.79 Å². The van der Waals surface area contributed by atoms with Crippen molar-refractivity contribution in [2.24, 2.45) is 0 Å². The van der Waals surface area contributed by atoms with Crippen LogP contribution in [0.2, 0.25) is 0 Å². The zero-order valence-electron chi connectivity index (χ0n) is 15.3. The predicted molar refractivity (Wildman–Crippen MR) is 111 cm³/mol. The van der Waals surface area contributed by atoms with Crippen molar-refractivity contribution in [3.05, 3.63) is 64.1 Å². The first-order valence-electron chi connectivity index (χ1n) is 8.75. The fourth-order valence-electron chi connectivity index (χ4n) is 2.46. The summed E-state index contributed by atoms with van der Waals surface area (Å²) in [6.07, 6.45) is 1.50. The van der Waals surface area contributed by atoms with E-state index in [1.165, 1.54) is 5.56 Å². The van der Waals surface area contributed by atoms with E-state index in [0.717, 1.165) is 23.1 Å². The Bertz CT molecular complexity index is 851. The molecule has 0 aliphatic carbocycles. The lowest BCUT2D eigenvalue weighted by Gasteiger charge is -2.08. The van der Waals surface area contributed by atoms with Crippen molar-refractivity contribution in [1.82, 2.24) is 5.32 Å². The molecule has 0 aliphatic heterocycles. The third-order valence-electron chi connectivity index (χ3n) is 3.81. The van der Waals surface area contributed by atoms with Crippen LogP contribution in [0.1, 0.15) is 24.0 Å². The quantitative estimate of drug-likeness (QED) is 0.557. The Kier molecular flexibility index (Phi) is 8.31. The largest absolute Gasteiger partial charge is 0.494 e. The van der Waals surface area contributed by atoms with Crippen LogP contribution in [0.5, 0.6) is 5.75 Å². The number of carbonyl (C=O) groups is 1. The van der Waals surface area contributed by atoms with Crippen LogP contribution in [0.25, 0.3) is 0 Å². The van der Waals surface area contributed by atoms with Gasteiger partial charge in [-0.2, -0.15) is 0 Å². The van der Waals surface area contributed by atoms with E-state index < -0.39 is 21.5 Å². The van der Waals surface area contributed by atoms with E-state index >= 15 is 0 Å². The highest BCUT2D eigenvalue weighted by molar-refractivity contribution is 9.10. The number of nitrogens with one attached hydrogen (secondary N) is 1. The van der Waals surface area contributed by atoms with Crippen LogP contribution in [0, 0.1) is 6.92 Å². The van der Waals surface area contributed by atoms with Gasteiger partial charge in [-0.25, -0.2) is 8.42 Å². The van der Waals surface area contributed by atoms with Crippen LogP contribution in [0.3, 0.4) is 0 Å². The number of amides is 1. The van der Waals surface area contributed by atoms with Gasteiger partial charge in [0.1, 0.15) is 11.5 Å². The summed E-state index contributed by atoms with van der Waals surface area (Å²) in [6.45, 7) is 3.01. The van der Waals surface area contributed by atoms with Crippen molar-refractivity contribution in [3.8, 4) is 5.75 Å². The van der Waals surface area contributed by atoms with Crippen LogP contribution >= 0.6 is 15.9 Å². The molecule has 0 aliphatic rings. The van der Waals surface area contributed by atoms with Gasteiger partial charge in [0, 0.05) is 11.0 Å². The van der Waals surface area contributed by atoms with Crippen LogP contribution in [0.15, 0.2) is 53.0 Å². The Labute approximate surface area is 169 Å². The molecule has 146 valence electrons. The topological polar surface area (TPSA) is 72.5 Å². The molecule has 2 aromatic carbocycles. The molecule has 0 bridgehead atoms. The molecule has 2 aromatic rings. The number of hydrogen-bond acceptors (Lipinski definition) is 4. The molecule has 0 saturated heterocycles. The molecule has 0 fully saturated rings. The fraction of sp³-hybridized carbons (Fsp3) is 0.350. The molecular formula is C20H24BrNO4S. The summed E-state index contributed by atoms with van der Waals surface area (Å²) in [4.78, 5) is 11.9. The van der Waals surface area contributed by atoms with Crippen molar-refractivity contribution < 1.29 is 17.9 Å². The molecule has 1 N–H and O–H groups in total. The van der Waals surface area contributed by atoms with Gasteiger partial charge in [-0.05, 0) is 49.6 Å². The molecule has 0 saturated carbocycles. The summed E-state index contributed by atoms with van der Waals surface area (Å²) >= 11 is 3.31. The molecule has 0 unspecified atom stereocenters. The maximum atomic E-state index is 12.1. The van der Waals surface area contributed by atoms with Gasteiger partial charge in [0.25, 0.3) is 0 Å². The highest BCUT2D eigenvalue weighted by Gasteiger charge is 2.17. The van der Waals surface area contributed by atoms with Gasteiger partial charge in [0.05, 0.1) is 12.4 Å². The second-order valence-corrected chi connectivity index (χ2v) is 9.36. The number of rotatable bonds is 10. The molecule has 0 aromatic heterocycles. The number of benzene rings is 2. The Hall–Kier alpha value is -1.86. The molecule has 0 heterocycles. The number of aryl methyl sites for hydroxylation is 1. The van der Waals surface area contributed by atoms with Gasteiger partial charge in [-0.1, -0.05) is 45.8 Å². The maximum Gasteiger partial charge on any atom is 0.235 e. The van der Waals surface area contributed by atoms with E-state index in [4.69, 9.17) is 4.74 Å². The second kappa shape index (κ2) is 10.5. The molecule has 0 spiro atoms. The average Bonchev–Trinajstić information content (AvgIpc) is 2.58. The van der Waals surface area contributed by atoms with E-state index in [9.17, 15) is 13.2 Å². The van der Waals surface area contributed by atoms with Gasteiger partial charge in [0.2, 0.25) is 5.91 Å². The summed E-state index contributed by atoms with van der Waals surface area (Å²) in [7, 11) is -3.50. The molecule has 0 atom stereocenters. The first-order valence-corrected chi connectivity index (χ1v) is 11.4. The highest BCUT2D eigenvalue weighted by atomic mass is 79.9. The zero-order chi connectivity index (χ0) is 19.7. The summed E-state index contributed by atoms with van der Waals surface area (Å²) < 4.78 is 30.7. The minimum Gasteiger partial charge on any atom is -0.494 e. The summed E-state index contributed by atoms with van der Waals surface area (Å²) in [6, 6.07) is 14.9. The lowest BCUT2D eigenvalue weighted by Crippen LogP contribution is -2.31. The predicted octanol–water partition coefficient (Wildman–Crippen LogP) is 3.65. The number of ether oxygens (including phenoxy) is 1. The van der Waals surface area contributed by atoms with Crippen LogP contribution in [0.4, 0.5) is 0 Å². The lowest BCUT2D eigenvalue weighted by atomic mass is 10.2. The second-order valence-electron chi connectivity index (χ2n) is 6.38. The van der Waals surface area contributed by atoms with Crippen LogP contribution in [-0.4, -0.2) is 33.2 Å². The molecule has 0 radical (unpaired) electrons. The standard InChI is InChI=1S/C20H24BrNO4S/c1-16-7-9-19(10-8-16)26-12-3-2-11-22-20(23)15-27(24,25)14-17-5-4-6-18(21)13-17/h4-10,13H,2-3,11-12,14-15H2,1H3,(H,22,23).